The van der Waals surface area contributed by atoms with Crippen LogP contribution in [-0.2, 0) is 33.2 Å². The zero-order chi connectivity index (χ0) is 66.7. The van der Waals surface area contributed by atoms with Crippen molar-refractivity contribution in [2.45, 2.75) is 83.1 Å². The van der Waals surface area contributed by atoms with Crippen LogP contribution in [0.15, 0.2) is 139 Å². The third kappa shape index (κ3) is 13.6. The SMILES string of the molecule is CCN(CC)c1ccc(N=C2C(C)=Nn3c2nnc3-c2cc(C)n(C)n2)c(C)n1.CCN(CC)c1ccc(N=C2C(OC=C=C=O)=Nn3c2nnc3-c2cc(C)n(C)n2)c(C)c1.CCN(CC)c1ccc(N=C2C(OC=C=C=O)=Nn3c2nnc3-c2ccccn2)c(C)c1. The number of carbonyl (C=O) groups excluding carboxylic acids is 2. The summed E-state index contributed by atoms with van der Waals surface area (Å²) in [5, 5.41) is 48.1. The van der Waals surface area contributed by atoms with Gasteiger partial charge in [-0.25, -0.2) is 29.6 Å². The largest absolute Gasteiger partial charge is 0.435 e. The maximum absolute atomic E-state index is 10.5. The first kappa shape index (κ1) is 65.0. The molecule has 3 aliphatic heterocycles. The van der Waals surface area contributed by atoms with Gasteiger partial charge in [-0.15, -0.1) is 40.8 Å². The molecule has 9 aromatic rings. The smallest absolute Gasteiger partial charge is 0.267 e. The number of aromatic nitrogens is 15. The Morgan fingerprint density at radius 3 is 1.31 bits per heavy atom. The maximum atomic E-state index is 10.5. The summed E-state index contributed by atoms with van der Waals surface area (Å²) in [6.07, 6.45) is 3.83. The number of fused-ring (bicyclic) bond motifs is 3. The minimum atomic E-state index is 0.169. The zero-order valence-corrected chi connectivity index (χ0v) is 54.8. The Morgan fingerprint density at radius 2 is 0.904 bits per heavy atom. The Morgan fingerprint density at radius 1 is 0.479 bits per heavy atom. The van der Waals surface area contributed by atoms with Crippen LogP contribution < -0.4 is 14.7 Å². The Bertz CT molecular complexity index is 4650. The summed E-state index contributed by atoms with van der Waals surface area (Å²) >= 11 is 0. The van der Waals surface area contributed by atoms with Crippen molar-refractivity contribution < 1.29 is 19.1 Å². The Labute approximate surface area is 542 Å². The van der Waals surface area contributed by atoms with Gasteiger partial charge in [0.15, 0.2) is 23.3 Å². The summed E-state index contributed by atoms with van der Waals surface area (Å²) < 4.78 is 19.4. The van der Waals surface area contributed by atoms with Crippen LogP contribution in [-0.4, -0.2) is 160 Å². The molecule has 0 amide bonds. The van der Waals surface area contributed by atoms with Crippen molar-refractivity contribution in [2.75, 3.05) is 54.0 Å². The summed E-state index contributed by atoms with van der Waals surface area (Å²) in [4.78, 5) is 51.2. The fourth-order valence-electron chi connectivity index (χ4n) is 10.3. The van der Waals surface area contributed by atoms with Crippen LogP contribution in [0.5, 0.6) is 0 Å². The van der Waals surface area contributed by atoms with Crippen molar-refractivity contribution in [1.29, 1.82) is 0 Å². The molecule has 94 heavy (non-hydrogen) atoms. The molecule has 0 fully saturated rings. The molecule has 0 unspecified atom stereocenters. The van der Waals surface area contributed by atoms with Gasteiger partial charge in [0, 0.05) is 93.8 Å². The highest BCUT2D eigenvalue weighted by molar-refractivity contribution is 6.49. The van der Waals surface area contributed by atoms with Gasteiger partial charge in [-0.1, -0.05) is 6.07 Å². The van der Waals surface area contributed by atoms with Crippen molar-refractivity contribution >= 4 is 80.8 Å². The average molecular weight is 1260 g/mol. The normalized spacial score (nSPS) is 13.6. The summed E-state index contributed by atoms with van der Waals surface area (Å²) in [5.74, 6) is 7.32. The molecule has 7 aromatic heterocycles. The molecule has 0 aliphatic carbocycles. The molecular weight excluding hydrogens is 1190 g/mol. The Balaban J connectivity index is 0.000000154. The van der Waals surface area contributed by atoms with E-state index in [1.54, 1.807) is 15.6 Å². The quantitative estimate of drug-likeness (QED) is 0.0466. The topological polar surface area (TPSA) is 290 Å². The van der Waals surface area contributed by atoms with Crippen molar-refractivity contribution in [2.24, 2.45) is 44.4 Å². The predicted molar refractivity (Wildman–Crippen MR) is 362 cm³/mol. The Kier molecular flexibility index (Phi) is 20.0. The highest BCUT2D eigenvalue weighted by Gasteiger charge is 2.33. The van der Waals surface area contributed by atoms with E-state index in [9.17, 15) is 9.59 Å². The number of aryl methyl sites for hydroxylation is 7. The number of nitrogens with zero attached hydrogens (tertiary/aromatic N) is 24. The first-order valence-electron chi connectivity index (χ1n) is 30.5. The van der Waals surface area contributed by atoms with Gasteiger partial charge in [0.05, 0.1) is 28.5 Å². The molecule has 0 N–H and O–H groups in total. The van der Waals surface area contributed by atoms with Gasteiger partial charge in [-0.3, -0.25) is 14.3 Å². The summed E-state index contributed by atoms with van der Waals surface area (Å²) in [6, 6.07) is 25.5. The number of hydrogen-bond acceptors (Lipinski definition) is 23. The van der Waals surface area contributed by atoms with Crippen LogP contribution in [0.2, 0.25) is 0 Å². The molecule has 478 valence electrons. The molecule has 10 heterocycles. The fraction of sp³-hybridized carbons (Fsp3) is 0.303. The third-order valence-corrected chi connectivity index (χ3v) is 15.5. The first-order chi connectivity index (χ1) is 45.5. The minimum absolute atomic E-state index is 0.169. The lowest BCUT2D eigenvalue weighted by atomic mass is 10.1. The minimum Gasteiger partial charge on any atom is -0.435 e. The van der Waals surface area contributed by atoms with Crippen LogP contribution in [0, 0.1) is 34.6 Å². The first-order valence-corrected chi connectivity index (χ1v) is 30.5. The van der Waals surface area contributed by atoms with Crippen LogP contribution in [0.25, 0.3) is 34.6 Å². The van der Waals surface area contributed by atoms with E-state index < -0.39 is 0 Å². The highest BCUT2D eigenvalue weighted by atomic mass is 16.5. The van der Waals surface area contributed by atoms with Gasteiger partial charge >= 0.3 is 0 Å². The molecule has 0 saturated carbocycles. The molecule has 28 nitrogen and oxygen atoms in total. The number of ether oxygens (including phenoxy) is 2. The van der Waals surface area contributed by atoms with E-state index in [0.717, 1.165) is 126 Å². The molecule has 0 radical (unpaired) electrons. The van der Waals surface area contributed by atoms with E-state index in [1.165, 1.54) is 21.2 Å². The molecule has 0 saturated heterocycles. The lowest BCUT2D eigenvalue weighted by Gasteiger charge is -2.21. The number of rotatable bonds is 17. The zero-order valence-electron chi connectivity index (χ0n) is 54.8. The van der Waals surface area contributed by atoms with E-state index in [0.29, 0.717) is 63.5 Å². The average Bonchev–Trinajstić information content (AvgIpc) is 1.63. The summed E-state index contributed by atoms with van der Waals surface area (Å²) in [7, 11) is 3.76. The second-order valence-electron chi connectivity index (χ2n) is 21.4. The van der Waals surface area contributed by atoms with Crippen LogP contribution in [0.4, 0.5) is 34.3 Å². The van der Waals surface area contributed by atoms with Gasteiger partial charge in [0.1, 0.15) is 41.1 Å². The molecule has 2 aromatic carbocycles. The van der Waals surface area contributed by atoms with Crippen molar-refractivity contribution in [3.8, 4) is 34.6 Å². The number of aliphatic imine (C=N–C) groups is 3. The second kappa shape index (κ2) is 28.9. The molecular formula is C66H70N24O4. The Hall–Kier alpha value is -11.9. The van der Waals surface area contributed by atoms with E-state index in [4.69, 9.17) is 29.4 Å². The molecule has 3 aliphatic rings. The van der Waals surface area contributed by atoms with E-state index in [-0.39, 0.29) is 11.8 Å². The van der Waals surface area contributed by atoms with Gasteiger partial charge in [-0.2, -0.15) is 29.3 Å². The van der Waals surface area contributed by atoms with E-state index in [1.807, 2.05) is 127 Å². The molecule has 0 spiro atoms. The highest BCUT2D eigenvalue weighted by Crippen LogP contribution is 2.32. The van der Waals surface area contributed by atoms with Crippen LogP contribution in [0.3, 0.4) is 0 Å². The maximum Gasteiger partial charge on any atom is 0.267 e. The number of anilines is 3. The fourth-order valence-corrected chi connectivity index (χ4v) is 10.3. The van der Waals surface area contributed by atoms with E-state index in [2.05, 4.69) is 141 Å². The summed E-state index contributed by atoms with van der Waals surface area (Å²) in [5.41, 5.74) is 18.1. The molecule has 0 bridgehead atoms. The summed E-state index contributed by atoms with van der Waals surface area (Å²) in [6.45, 7) is 30.1. The molecule has 28 heteroatoms. The lowest BCUT2D eigenvalue weighted by Crippen LogP contribution is -2.23. The number of benzene rings is 2. The molecule has 0 atom stereocenters. The van der Waals surface area contributed by atoms with Gasteiger partial charge in [0.25, 0.3) is 11.8 Å². The van der Waals surface area contributed by atoms with Gasteiger partial charge in [0.2, 0.25) is 34.9 Å². The van der Waals surface area contributed by atoms with Gasteiger partial charge in [-0.05, 0) is 167 Å². The monoisotopic (exact) mass is 1260 g/mol. The number of hydrogen-bond donors (Lipinski definition) is 0. The molecule has 12 rings (SSSR count). The number of pyridine rings is 2. The third-order valence-electron chi connectivity index (χ3n) is 15.5. The van der Waals surface area contributed by atoms with Crippen LogP contribution in [0.1, 0.15) is 94.1 Å². The van der Waals surface area contributed by atoms with E-state index >= 15 is 0 Å². The lowest BCUT2D eigenvalue weighted by molar-refractivity contribution is 0.478. The van der Waals surface area contributed by atoms with Crippen molar-refractivity contribution in [1.82, 2.24) is 74.1 Å². The van der Waals surface area contributed by atoms with Crippen molar-refractivity contribution in [3.63, 3.8) is 0 Å². The second-order valence-corrected chi connectivity index (χ2v) is 21.4. The van der Waals surface area contributed by atoms with Gasteiger partial charge < -0.3 is 24.2 Å². The van der Waals surface area contributed by atoms with Crippen molar-refractivity contribution in [3.05, 3.63) is 155 Å². The van der Waals surface area contributed by atoms with Crippen LogP contribution >= 0.6 is 0 Å². The predicted octanol–water partition coefficient (Wildman–Crippen LogP) is 9.16. The standard InChI is InChI=1S/C23H24N8O2.C23H21N7O2.C20H25N9/c1-6-30(7-2)17-9-10-18(15(3)13-17)24-20-22-26-25-21(19-14-16(4)29(5)27-19)31(22)28-23(20)33-12-8-11-32;1-4-29(5-2)17-10-11-18(16(3)15-17)25-20-22-27-26-21(19-9-6-7-12-24-19)30(22)28-23(20)32-14-8-13-31;1-7-28(8-2)17-10-9-15(13(4)21-17)22-18-14(5)25-29-19(23-24-20(18)29)16-11-12(3)27(6)26-16/h9-10,12-14H,6-7H2,1-5H3;6-7,9-12,14-15H,4-5H2,1-3H3;9-11H,7-8H2,1-6H3.